The molecule has 1 nitrogen and oxygen atoms in total. The third-order valence-corrected chi connectivity index (χ3v) is 3.42. The van der Waals surface area contributed by atoms with Crippen LogP contribution in [0.2, 0.25) is 6.32 Å². The van der Waals surface area contributed by atoms with Gasteiger partial charge in [-0.05, 0) is 30.8 Å². The van der Waals surface area contributed by atoms with E-state index in [9.17, 15) is 0 Å². The molecular formula is C14H25BN. The number of allylic oxidation sites excluding steroid dienone is 4. The number of hydrogen-bond acceptors (Lipinski definition) is 1. The Morgan fingerprint density at radius 3 is 2.56 bits per heavy atom. The zero-order valence-corrected chi connectivity index (χ0v) is 11.4. The second-order valence-corrected chi connectivity index (χ2v) is 5.85. The van der Waals surface area contributed by atoms with E-state index in [2.05, 4.69) is 58.5 Å². The fourth-order valence-corrected chi connectivity index (χ4v) is 2.03. The van der Waals surface area contributed by atoms with Crippen LogP contribution in [0.15, 0.2) is 23.7 Å². The molecule has 0 aromatic rings. The molecule has 1 aliphatic rings. The fourth-order valence-electron chi connectivity index (χ4n) is 2.03. The summed E-state index contributed by atoms with van der Waals surface area (Å²) >= 11 is 0. The molecule has 89 valence electrons. The van der Waals surface area contributed by atoms with Gasteiger partial charge in [-0.25, -0.2) is 0 Å². The molecule has 0 aromatic carbocycles. The lowest BCUT2D eigenvalue weighted by Crippen LogP contribution is -2.28. The van der Waals surface area contributed by atoms with Crippen LogP contribution in [0.25, 0.3) is 0 Å². The lowest BCUT2D eigenvalue weighted by atomic mass is 9.57. The first-order valence-corrected chi connectivity index (χ1v) is 6.32. The molecule has 0 aliphatic heterocycles. The van der Waals surface area contributed by atoms with Crippen molar-refractivity contribution in [3.05, 3.63) is 23.7 Å². The third-order valence-electron chi connectivity index (χ3n) is 3.42. The monoisotopic (exact) mass is 218 g/mol. The van der Waals surface area contributed by atoms with E-state index in [4.69, 9.17) is 0 Å². The molecule has 0 bridgehead atoms. The summed E-state index contributed by atoms with van der Waals surface area (Å²) in [6.07, 6.45) is 8.10. The van der Waals surface area contributed by atoms with E-state index in [1.54, 1.807) is 0 Å². The molecule has 0 amide bonds. The lowest BCUT2D eigenvalue weighted by molar-refractivity contribution is 0.394. The highest BCUT2D eigenvalue weighted by atomic mass is 14.8. The average Bonchev–Trinajstić information content (AvgIpc) is 2.20. The summed E-state index contributed by atoms with van der Waals surface area (Å²) in [4.78, 5) is 0. The highest BCUT2D eigenvalue weighted by Gasteiger charge is 2.19. The van der Waals surface area contributed by atoms with Gasteiger partial charge < -0.3 is 5.32 Å². The van der Waals surface area contributed by atoms with Crippen molar-refractivity contribution in [3.8, 4) is 0 Å². The molecule has 0 heterocycles. The van der Waals surface area contributed by atoms with Crippen LogP contribution in [-0.2, 0) is 0 Å². The van der Waals surface area contributed by atoms with Crippen LogP contribution in [0.1, 0.15) is 27.7 Å². The molecule has 2 atom stereocenters. The summed E-state index contributed by atoms with van der Waals surface area (Å²) in [6.45, 7) is 10.2. The Bertz CT molecular complexity index is 278. The molecule has 1 rings (SSSR count). The van der Waals surface area contributed by atoms with E-state index in [1.807, 2.05) is 7.05 Å². The predicted octanol–water partition coefficient (Wildman–Crippen LogP) is 3.08. The van der Waals surface area contributed by atoms with E-state index < -0.39 is 0 Å². The van der Waals surface area contributed by atoms with Crippen molar-refractivity contribution >= 4 is 7.28 Å². The second-order valence-electron chi connectivity index (χ2n) is 5.85. The van der Waals surface area contributed by atoms with Crippen LogP contribution < -0.4 is 5.32 Å². The fraction of sp³-hybridized carbons (Fsp3) is 0.714. The van der Waals surface area contributed by atoms with Crippen molar-refractivity contribution in [3.63, 3.8) is 0 Å². The van der Waals surface area contributed by atoms with Gasteiger partial charge >= 0.3 is 0 Å². The SMILES string of the molecule is CNCC(C)(C)C[B]C1=CC(C)C(C)C=C1. The first kappa shape index (κ1) is 13.6. The van der Waals surface area contributed by atoms with Gasteiger partial charge in [0.2, 0.25) is 0 Å². The van der Waals surface area contributed by atoms with Gasteiger partial charge in [0, 0.05) is 0 Å². The minimum atomic E-state index is 0.343. The van der Waals surface area contributed by atoms with Crippen molar-refractivity contribution in [1.82, 2.24) is 5.32 Å². The Labute approximate surface area is 102 Å². The third kappa shape index (κ3) is 4.17. The molecule has 1 N–H and O–H groups in total. The molecular weight excluding hydrogens is 193 g/mol. The molecule has 1 radical (unpaired) electrons. The van der Waals surface area contributed by atoms with Crippen LogP contribution in [0.3, 0.4) is 0 Å². The summed E-state index contributed by atoms with van der Waals surface area (Å²) in [5.74, 6) is 1.35. The highest BCUT2D eigenvalue weighted by molar-refractivity contribution is 6.46. The molecule has 16 heavy (non-hydrogen) atoms. The topological polar surface area (TPSA) is 12.0 Å². The van der Waals surface area contributed by atoms with Crippen LogP contribution in [-0.4, -0.2) is 20.9 Å². The standard InChI is InChI=1S/C14H25BN/c1-11-6-7-13(8-12(11)2)15-9-14(3,4)10-16-5/h6-8,11-12,16H,9-10H2,1-5H3. The normalized spacial score (nSPS) is 25.4. The largest absolute Gasteiger partial charge is 0.319 e. The van der Waals surface area contributed by atoms with Crippen LogP contribution >= 0.6 is 0 Å². The van der Waals surface area contributed by atoms with Gasteiger partial charge in [-0.2, -0.15) is 0 Å². The molecule has 0 saturated carbocycles. The molecule has 0 fully saturated rings. The van der Waals surface area contributed by atoms with Gasteiger partial charge in [0.05, 0.1) is 0 Å². The maximum atomic E-state index is 3.25. The van der Waals surface area contributed by atoms with Crippen molar-refractivity contribution < 1.29 is 0 Å². The van der Waals surface area contributed by atoms with Crippen molar-refractivity contribution in [2.75, 3.05) is 13.6 Å². The van der Waals surface area contributed by atoms with Gasteiger partial charge in [-0.3, -0.25) is 0 Å². The van der Waals surface area contributed by atoms with Crippen molar-refractivity contribution in [2.24, 2.45) is 17.3 Å². The minimum Gasteiger partial charge on any atom is -0.319 e. The Hall–Kier alpha value is -0.495. The van der Waals surface area contributed by atoms with Gasteiger partial charge in [-0.1, -0.05) is 57.7 Å². The molecule has 0 saturated heterocycles. The molecule has 0 aromatic heterocycles. The Morgan fingerprint density at radius 2 is 2.00 bits per heavy atom. The number of hydrogen-bond donors (Lipinski definition) is 1. The summed E-state index contributed by atoms with van der Waals surface area (Å²) in [6, 6.07) is 0. The smallest absolute Gasteiger partial charge is 0.151 e. The van der Waals surface area contributed by atoms with Gasteiger partial charge in [0.15, 0.2) is 7.28 Å². The van der Waals surface area contributed by atoms with Crippen LogP contribution in [0, 0.1) is 17.3 Å². The first-order valence-electron chi connectivity index (χ1n) is 6.32. The zero-order valence-electron chi connectivity index (χ0n) is 11.4. The lowest BCUT2D eigenvalue weighted by Gasteiger charge is -2.25. The van der Waals surface area contributed by atoms with E-state index >= 15 is 0 Å². The first-order chi connectivity index (χ1) is 7.44. The van der Waals surface area contributed by atoms with Crippen LogP contribution in [0.5, 0.6) is 0 Å². The van der Waals surface area contributed by atoms with E-state index in [0.717, 1.165) is 12.9 Å². The Kier molecular flexibility index (Phi) is 4.85. The maximum absolute atomic E-state index is 3.25. The average molecular weight is 218 g/mol. The van der Waals surface area contributed by atoms with Crippen molar-refractivity contribution in [1.29, 1.82) is 0 Å². The number of rotatable bonds is 5. The minimum absolute atomic E-state index is 0.343. The zero-order chi connectivity index (χ0) is 12.2. The summed E-state index contributed by atoms with van der Waals surface area (Å²) < 4.78 is 0. The quantitative estimate of drug-likeness (QED) is 0.699. The van der Waals surface area contributed by atoms with Crippen LogP contribution in [0.4, 0.5) is 0 Å². The van der Waals surface area contributed by atoms with Crippen molar-refractivity contribution in [2.45, 2.75) is 34.0 Å². The van der Waals surface area contributed by atoms with Gasteiger partial charge in [-0.15, -0.1) is 0 Å². The highest BCUT2D eigenvalue weighted by Crippen LogP contribution is 2.25. The molecule has 2 heteroatoms. The number of nitrogens with one attached hydrogen (secondary N) is 1. The summed E-state index contributed by atoms with van der Waals surface area (Å²) in [7, 11) is 4.39. The Balaban J connectivity index is 2.45. The second kappa shape index (κ2) is 5.72. The molecule has 2 unspecified atom stereocenters. The van der Waals surface area contributed by atoms with E-state index in [0.29, 0.717) is 17.3 Å². The van der Waals surface area contributed by atoms with E-state index in [1.165, 1.54) is 5.47 Å². The molecule has 1 aliphatic carbocycles. The maximum Gasteiger partial charge on any atom is 0.151 e. The predicted molar refractivity (Wildman–Crippen MR) is 73.8 cm³/mol. The van der Waals surface area contributed by atoms with E-state index in [-0.39, 0.29) is 0 Å². The summed E-state index contributed by atoms with van der Waals surface area (Å²) in [5.41, 5.74) is 1.74. The Morgan fingerprint density at radius 1 is 1.31 bits per heavy atom. The summed E-state index contributed by atoms with van der Waals surface area (Å²) in [5, 5.41) is 3.25. The van der Waals surface area contributed by atoms with Gasteiger partial charge in [0.25, 0.3) is 0 Å². The molecule has 0 spiro atoms. The van der Waals surface area contributed by atoms with Gasteiger partial charge in [0.1, 0.15) is 0 Å².